The molecule has 36 heavy (non-hydrogen) atoms. The van der Waals surface area contributed by atoms with Crippen molar-refractivity contribution in [2.45, 2.75) is 17.2 Å². The summed E-state index contributed by atoms with van der Waals surface area (Å²) >= 11 is 0. The Morgan fingerprint density at radius 3 is 2.14 bits per heavy atom. The van der Waals surface area contributed by atoms with Crippen LogP contribution in [-0.2, 0) is 27.2 Å². The first-order valence-electron chi connectivity index (χ1n) is 10.0. The fraction of sp³-hybridized carbons (Fsp3) is 0.130. The van der Waals surface area contributed by atoms with E-state index in [9.17, 15) is 39.6 Å². The summed E-state index contributed by atoms with van der Waals surface area (Å²) in [6.07, 6.45) is -8.74. The normalized spacial score (nSPS) is 12.5. The third kappa shape index (κ3) is 6.42. The number of amides is 1. The molecule has 6 nitrogen and oxygen atoms in total. The average molecular weight is 529 g/mol. The van der Waals surface area contributed by atoms with Gasteiger partial charge in [-0.2, -0.15) is 31.4 Å². The van der Waals surface area contributed by atoms with Crippen LogP contribution in [0.25, 0.3) is 0 Å². The fourth-order valence-corrected chi connectivity index (χ4v) is 4.51. The summed E-state index contributed by atoms with van der Waals surface area (Å²) in [5.41, 5.74) is -1.06. The first-order valence-corrected chi connectivity index (χ1v) is 11.5. The lowest BCUT2D eigenvalue weighted by Gasteiger charge is -2.24. The Morgan fingerprint density at radius 2 is 1.50 bits per heavy atom. The predicted molar refractivity (Wildman–Crippen MR) is 120 cm³/mol. The molecule has 0 atom stereocenters. The fourth-order valence-electron chi connectivity index (χ4n) is 3.08. The highest BCUT2D eigenvalue weighted by Crippen LogP contribution is 2.33. The van der Waals surface area contributed by atoms with Gasteiger partial charge in [-0.25, -0.2) is 13.8 Å². The maximum atomic E-state index is 13.2. The number of rotatable bonds is 7. The third-order valence-corrected chi connectivity index (χ3v) is 6.53. The Labute approximate surface area is 201 Å². The van der Waals surface area contributed by atoms with Gasteiger partial charge in [-0.1, -0.05) is 42.5 Å². The molecule has 1 N–H and O–H groups in total. The summed E-state index contributed by atoms with van der Waals surface area (Å²) in [7, 11) is -4.51. The molecule has 0 fully saturated rings. The molecular weight excluding hydrogens is 512 g/mol. The van der Waals surface area contributed by atoms with Gasteiger partial charge >= 0.3 is 12.4 Å². The van der Waals surface area contributed by atoms with Crippen molar-refractivity contribution < 1.29 is 39.6 Å². The smallest absolute Gasteiger partial charge is 0.271 e. The van der Waals surface area contributed by atoms with E-state index in [1.165, 1.54) is 42.5 Å². The summed E-state index contributed by atoms with van der Waals surface area (Å²) in [6, 6.07) is 14.4. The third-order valence-electron chi connectivity index (χ3n) is 4.74. The van der Waals surface area contributed by atoms with Crippen LogP contribution in [0.1, 0.15) is 16.7 Å². The Balaban J connectivity index is 1.91. The van der Waals surface area contributed by atoms with Crippen LogP contribution < -0.4 is 9.73 Å². The van der Waals surface area contributed by atoms with Crippen LogP contribution in [0.5, 0.6) is 0 Å². The zero-order valence-electron chi connectivity index (χ0n) is 18.1. The minimum Gasteiger partial charge on any atom is -0.271 e. The summed E-state index contributed by atoms with van der Waals surface area (Å²) in [5.74, 6) is -1.10. The SMILES string of the molecule is O=C(CN(c1cccc(C(F)(F)F)c1)S(=O)(=O)c1ccccc1)NN=Cc1ccccc1C(F)(F)F. The molecule has 0 bridgehead atoms. The van der Waals surface area contributed by atoms with Gasteiger partial charge in [-0.3, -0.25) is 9.10 Å². The molecule has 0 saturated heterocycles. The van der Waals surface area contributed by atoms with E-state index in [0.29, 0.717) is 10.4 Å². The van der Waals surface area contributed by atoms with E-state index >= 15 is 0 Å². The number of nitrogens with zero attached hydrogens (tertiary/aromatic N) is 2. The number of carbonyl (C=O) groups excluding carboxylic acids is 1. The zero-order valence-corrected chi connectivity index (χ0v) is 18.9. The maximum absolute atomic E-state index is 13.2. The molecule has 0 aliphatic rings. The number of alkyl halides is 6. The molecule has 0 radical (unpaired) electrons. The van der Waals surface area contributed by atoms with Crippen LogP contribution in [0.3, 0.4) is 0 Å². The lowest BCUT2D eigenvalue weighted by atomic mass is 10.1. The van der Waals surface area contributed by atoms with Crippen molar-refractivity contribution in [2.24, 2.45) is 5.10 Å². The number of hydrazone groups is 1. The number of carbonyl (C=O) groups is 1. The van der Waals surface area contributed by atoms with E-state index in [2.05, 4.69) is 5.10 Å². The van der Waals surface area contributed by atoms with Gasteiger partial charge < -0.3 is 0 Å². The minimum atomic E-state index is -4.78. The standard InChI is InChI=1S/C23H17F6N3O3S/c24-22(25,26)17-8-6-9-18(13-17)32(36(34,35)19-10-2-1-3-11-19)15-21(33)31-30-14-16-7-4-5-12-20(16)23(27,28)29/h1-14H,15H2,(H,31,33). The molecule has 3 rings (SSSR count). The molecule has 0 aromatic heterocycles. The molecule has 13 heteroatoms. The lowest BCUT2D eigenvalue weighted by Crippen LogP contribution is -2.39. The van der Waals surface area contributed by atoms with Crippen molar-refractivity contribution in [3.8, 4) is 0 Å². The first-order chi connectivity index (χ1) is 16.8. The number of hydrogen-bond acceptors (Lipinski definition) is 4. The second kappa shape index (κ2) is 10.4. The van der Waals surface area contributed by atoms with Crippen molar-refractivity contribution >= 4 is 27.8 Å². The van der Waals surface area contributed by atoms with Gasteiger partial charge in [0.2, 0.25) is 0 Å². The summed E-state index contributed by atoms with van der Waals surface area (Å²) in [4.78, 5) is 12.2. The van der Waals surface area contributed by atoms with Crippen molar-refractivity contribution in [1.29, 1.82) is 0 Å². The van der Waals surface area contributed by atoms with Crippen molar-refractivity contribution in [3.63, 3.8) is 0 Å². The average Bonchev–Trinajstić information content (AvgIpc) is 2.82. The Morgan fingerprint density at radius 1 is 0.861 bits per heavy atom. The highest BCUT2D eigenvalue weighted by Gasteiger charge is 2.34. The van der Waals surface area contributed by atoms with Gasteiger partial charge in [-0.15, -0.1) is 0 Å². The monoisotopic (exact) mass is 529 g/mol. The van der Waals surface area contributed by atoms with Crippen LogP contribution in [0.2, 0.25) is 0 Å². The molecule has 0 unspecified atom stereocenters. The number of benzene rings is 3. The molecular formula is C23H17F6N3O3S. The Kier molecular flexibility index (Phi) is 7.72. The Hall–Kier alpha value is -3.87. The van der Waals surface area contributed by atoms with Crippen molar-refractivity contribution in [3.05, 3.63) is 95.6 Å². The van der Waals surface area contributed by atoms with Gasteiger partial charge in [-0.05, 0) is 36.4 Å². The number of halogens is 6. The molecule has 3 aromatic rings. The van der Waals surface area contributed by atoms with Crippen LogP contribution in [0.4, 0.5) is 32.0 Å². The highest BCUT2D eigenvalue weighted by atomic mass is 32.2. The van der Waals surface area contributed by atoms with Crippen LogP contribution in [0, 0.1) is 0 Å². The van der Waals surface area contributed by atoms with Crippen LogP contribution in [0.15, 0.2) is 88.9 Å². The van der Waals surface area contributed by atoms with E-state index < -0.39 is 51.6 Å². The van der Waals surface area contributed by atoms with Crippen molar-refractivity contribution in [1.82, 2.24) is 5.43 Å². The van der Waals surface area contributed by atoms with E-state index in [1.54, 1.807) is 0 Å². The van der Waals surface area contributed by atoms with Gasteiger partial charge in [0.1, 0.15) is 6.54 Å². The summed E-state index contributed by atoms with van der Waals surface area (Å²) < 4.78 is 106. The molecule has 190 valence electrons. The first kappa shape index (κ1) is 26.7. The molecule has 0 spiro atoms. The Bertz CT molecular complexity index is 1360. The zero-order chi connectivity index (χ0) is 26.6. The molecule has 0 aliphatic carbocycles. The number of anilines is 1. The second-order valence-corrected chi connectivity index (χ2v) is 9.11. The molecule has 0 aliphatic heterocycles. The van der Waals surface area contributed by atoms with E-state index in [1.807, 2.05) is 5.43 Å². The van der Waals surface area contributed by atoms with E-state index in [0.717, 1.165) is 36.5 Å². The maximum Gasteiger partial charge on any atom is 0.417 e. The van der Waals surface area contributed by atoms with Gasteiger partial charge in [0.25, 0.3) is 15.9 Å². The summed E-state index contributed by atoms with van der Waals surface area (Å²) in [6.45, 7) is -1.00. The largest absolute Gasteiger partial charge is 0.417 e. The molecule has 1 amide bonds. The van der Waals surface area contributed by atoms with Gasteiger partial charge in [0, 0.05) is 5.56 Å². The van der Waals surface area contributed by atoms with Crippen LogP contribution in [-0.4, -0.2) is 27.1 Å². The van der Waals surface area contributed by atoms with E-state index in [-0.39, 0.29) is 10.5 Å². The number of hydrogen-bond donors (Lipinski definition) is 1. The van der Waals surface area contributed by atoms with E-state index in [4.69, 9.17) is 0 Å². The number of sulfonamides is 1. The van der Waals surface area contributed by atoms with Gasteiger partial charge in [0.15, 0.2) is 0 Å². The summed E-state index contributed by atoms with van der Waals surface area (Å²) in [5, 5.41) is 3.45. The quantitative estimate of drug-likeness (QED) is 0.264. The lowest BCUT2D eigenvalue weighted by molar-refractivity contribution is -0.138. The number of nitrogens with one attached hydrogen (secondary N) is 1. The molecule has 3 aromatic carbocycles. The molecule has 0 saturated carbocycles. The second-order valence-electron chi connectivity index (χ2n) is 7.25. The van der Waals surface area contributed by atoms with Crippen LogP contribution >= 0.6 is 0 Å². The van der Waals surface area contributed by atoms with Crippen molar-refractivity contribution in [2.75, 3.05) is 10.8 Å². The predicted octanol–water partition coefficient (Wildman–Crippen LogP) is 5.07. The highest BCUT2D eigenvalue weighted by molar-refractivity contribution is 7.92. The van der Waals surface area contributed by atoms with Gasteiger partial charge in [0.05, 0.1) is 27.9 Å². The topological polar surface area (TPSA) is 78.8 Å². The minimum absolute atomic E-state index is 0.294. The molecule has 0 heterocycles.